The smallest absolute Gasteiger partial charge is 0.213 e. The minimum Gasteiger partial charge on any atom is -0.476 e. The molecule has 0 fully saturated rings. The van der Waals surface area contributed by atoms with E-state index in [1.165, 1.54) is 0 Å². The Morgan fingerprint density at radius 2 is 2.42 bits per heavy atom. The Hall–Kier alpha value is -1.09. The Morgan fingerprint density at radius 3 is 3.00 bits per heavy atom. The minimum absolute atomic E-state index is 0.639. The van der Waals surface area contributed by atoms with Crippen LogP contribution in [0.1, 0.15) is 5.56 Å². The average molecular weight is 165 g/mol. The summed E-state index contributed by atoms with van der Waals surface area (Å²) in [7, 11) is 1.88. The molecule has 0 amide bonds. The summed E-state index contributed by atoms with van der Waals surface area (Å²) in [6.07, 6.45) is 1.69. The fraction of sp³-hybridized carbons (Fsp3) is 0.333. The van der Waals surface area contributed by atoms with E-state index in [0.717, 1.165) is 12.1 Å². The predicted molar refractivity (Wildman–Crippen MR) is 48.1 cm³/mol. The molecule has 0 saturated heterocycles. The molecule has 12 heavy (non-hydrogen) atoms. The Balaban J connectivity index is 2.37. The molecule has 1 heterocycles. The van der Waals surface area contributed by atoms with E-state index in [2.05, 4.69) is 17.2 Å². The van der Waals surface area contributed by atoms with Crippen LogP contribution in [-0.2, 0) is 0 Å². The van der Waals surface area contributed by atoms with Crippen LogP contribution in [-0.4, -0.2) is 25.2 Å². The van der Waals surface area contributed by atoms with Gasteiger partial charge >= 0.3 is 0 Å². The van der Waals surface area contributed by atoms with Gasteiger partial charge < -0.3 is 10.1 Å². The fourth-order valence-corrected chi connectivity index (χ4v) is 0.754. The number of nitrogens with one attached hydrogen (secondary N) is 1. The van der Waals surface area contributed by atoms with E-state index in [0.29, 0.717) is 12.5 Å². The number of aromatic nitrogens is 1. The highest BCUT2D eigenvalue weighted by molar-refractivity contribution is 5.19. The van der Waals surface area contributed by atoms with Crippen LogP contribution >= 0.6 is 0 Å². The summed E-state index contributed by atoms with van der Waals surface area (Å²) >= 11 is 0. The van der Waals surface area contributed by atoms with Crippen molar-refractivity contribution < 1.29 is 4.74 Å². The van der Waals surface area contributed by atoms with Gasteiger partial charge in [0.15, 0.2) is 0 Å². The third-order valence-electron chi connectivity index (χ3n) is 1.40. The molecule has 0 unspecified atom stereocenters. The minimum atomic E-state index is 0.639. The monoisotopic (exact) mass is 165 g/mol. The second-order valence-corrected chi connectivity index (χ2v) is 2.46. The topological polar surface area (TPSA) is 34.1 Å². The maximum absolute atomic E-state index is 5.30. The highest BCUT2D eigenvalue weighted by atomic mass is 16.5. The van der Waals surface area contributed by atoms with Crippen molar-refractivity contribution in [1.29, 1.82) is 0 Å². The largest absolute Gasteiger partial charge is 0.476 e. The summed E-state index contributed by atoms with van der Waals surface area (Å²) in [5.41, 5.74) is 0.899. The molecule has 0 aliphatic carbocycles. The van der Waals surface area contributed by atoms with Gasteiger partial charge in [-0.05, 0) is 19.5 Å². The van der Waals surface area contributed by atoms with Gasteiger partial charge in [0.05, 0.1) is 0 Å². The number of likely N-dealkylation sites (N-methyl/N-ethyl adjacent to an activating group) is 1. The normalized spacial score (nSPS) is 9.83. The first-order chi connectivity index (χ1) is 5.83. The zero-order valence-corrected chi connectivity index (χ0v) is 7.21. The standard InChI is InChI=1S/C9H13N2O/c1-8-3-4-9(11-7-8)12-6-5-10-2/h3-4,7,10H,1,5-6H2,2H3. The van der Waals surface area contributed by atoms with Crippen LogP contribution in [0.15, 0.2) is 18.3 Å². The average Bonchev–Trinajstić information content (AvgIpc) is 2.09. The molecule has 0 aliphatic rings. The first-order valence-corrected chi connectivity index (χ1v) is 3.88. The third-order valence-corrected chi connectivity index (χ3v) is 1.40. The van der Waals surface area contributed by atoms with Crippen LogP contribution in [0.5, 0.6) is 5.88 Å². The van der Waals surface area contributed by atoms with Crippen LogP contribution in [0.3, 0.4) is 0 Å². The van der Waals surface area contributed by atoms with E-state index < -0.39 is 0 Å². The number of hydrogen-bond donors (Lipinski definition) is 1. The molecule has 0 spiro atoms. The summed E-state index contributed by atoms with van der Waals surface area (Å²) in [5.74, 6) is 0.651. The fourth-order valence-electron chi connectivity index (χ4n) is 0.754. The van der Waals surface area contributed by atoms with E-state index in [1.54, 1.807) is 6.20 Å². The van der Waals surface area contributed by atoms with Gasteiger partial charge in [-0.3, -0.25) is 0 Å². The van der Waals surface area contributed by atoms with Crippen LogP contribution in [0.25, 0.3) is 0 Å². The second kappa shape index (κ2) is 4.72. The van der Waals surface area contributed by atoms with Crippen molar-refractivity contribution in [3.63, 3.8) is 0 Å². The number of nitrogens with zero attached hydrogens (tertiary/aromatic N) is 1. The van der Waals surface area contributed by atoms with Gasteiger partial charge in [0.25, 0.3) is 0 Å². The van der Waals surface area contributed by atoms with Gasteiger partial charge in [-0.25, -0.2) is 4.98 Å². The molecule has 0 aromatic carbocycles. The van der Waals surface area contributed by atoms with Crippen molar-refractivity contribution in [3.05, 3.63) is 30.8 Å². The zero-order valence-electron chi connectivity index (χ0n) is 7.21. The lowest BCUT2D eigenvalue weighted by Crippen LogP contribution is -2.16. The molecule has 1 aromatic heterocycles. The molecule has 1 N–H and O–H groups in total. The Bertz CT molecular complexity index is 220. The molecule has 3 heteroatoms. The van der Waals surface area contributed by atoms with Gasteiger partial charge in [0.1, 0.15) is 6.61 Å². The summed E-state index contributed by atoms with van der Waals surface area (Å²) in [6, 6.07) is 3.69. The first-order valence-electron chi connectivity index (χ1n) is 3.88. The van der Waals surface area contributed by atoms with Crippen molar-refractivity contribution in [2.24, 2.45) is 0 Å². The maximum Gasteiger partial charge on any atom is 0.213 e. The van der Waals surface area contributed by atoms with Crippen molar-refractivity contribution in [2.45, 2.75) is 0 Å². The second-order valence-electron chi connectivity index (χ2n) is 2.46. The summed E-state index contributed by atoms with van der Waals surface area (Å²) in [5, 5.41) is 2.98. The third kappa shape index (κ3) is 2.88. The number of ether oxygens (including phenoxy) is 1. The van der Waals surface area contributed by atoms with Gasteiger partial charge in [0.2, 0.25) is 5.88 Å². The van der Waals surface area contributed by atoms with Crippen molar-refractivity contribution in [3.8, 4) is 5.88 Å². The molecule has 1 radical (unpaired) electrons. The predicted octanol–water partition coefficient (Wildman–Crippen LogP) is 0.862. The first kappa shape index (κ1) is 9.00. The molecule has 3 nitrogen and oxygen atoms in total. The van der Waals surface area contributed by atoms with Gasteiger partial charge in [0, 0.05) is 18.8 Å². The highest BCUT2D eigenvalue weighted by Crippen LogP contribution is 2.05. The van der Waals surface area contributed by atoms with Crippen LogP contribution in [0.2, 0.25) is 0 Å². The molecule has 0 atom stereocenters. The Kier molecular flexibility index (Phi) is 3.54. The van der Waals surface area contributed by atoms with E-state index in [1.807, 2.05) is 19.2 Å². The number of hydrogen-bond acceptors (Lipinski definition) is 3. The molecule has 0 aliphatic heterocycles. The molecule has 0 saturated carbocycles. The Morgan fingerprint density at radius 1 is 1.58 bits per heavy atom. The van der Waals surface area contributed by atoms with E-state index in [9.17, 15) is 0 Å². The number of pyridine rings is 1. The van der Waals surface area contributed by atoms with Gasteiger partial charge in [-0.1, -0.05) is 6.07 Å². The lowest BCUT2D eigenvalue weighted by Gasteiger charge is -2.03. The van der Waals surface area contributed by atoms with Crippen LogP contribution in [0.4, 0.5) is 0 Å². The lowest BCUT2D eigenvalue weighted by molar-refractivity contribution is 0.306. The van der Waals surface area contributed by atoms with Gasteiger partial charge in [-0.15, -0.1) is 0 Å². The van der Waals surface area contributed by atoms with Crippen molar-refractivity contribution in [2.75, 3.05) is 20.2 Å². The highest BCUT2D eigenvalue weighted by Gasteiger charge is 1.92. The SMILES string of the molecule is [CH2]c1ccc(OCCNC)nc1. The quantitative estimate of drug-likeness (QED) is 0.672. The van der Waals surface area contributed by atoms with E-state index >= 15 is 0 Å². The van der Waals surface area contributed by atoms with Crippen molar-refractivity contribution in [1.82, 2.24) is 10.3 Å². The summed E-state index contributed by atoms with van der Waals surface area (Å²) in [6.45, 7) is 5.19. The van der Waals surface area contributed by atoms with Crippen molar-refractivity contribution >= 4 is 0 Å². The van der Waals surface area contributed by atoms with E-state index in [4.69, 9.17) is 4.74 Å². The molecule has 65 valence electrons. The Labute approximate surface area is 72.8 Å². The summed E-state index contributed by atoms with van der Waals surface area (Å²) in [4.78, 5) is 4.04. The lowest BCUT2D eigenvalue weighted by atomic mass is 10.3. The van der Waals surface area contributed by atoms with Gasteiger partial charge in [-0.2, -0.15) is 0 Å². The molecule has 1 aromatic rings. The molecule has 0 bridgehead atoms. The molecular weight excluding hydrogens is 152 g/mol. The number of rotatable bonds is 4. The van der Waals surface area contributed by atoms with E-state index in [-0.39, 0.29) is 0 Å². The maximum atomic E-state index is 5.30. The zero-order chi connectivity index (χ0) is 8.81. The summed E-state index contributed by atoms with van der Waals surface area (Å²) < 4.78 is 5.30. The molecule has 1 rings (SSSR count). The van der Waals surface area contributed by atoms with Crippen LogP contribution < -0.4 is 10.1 Å². The van der Waals surface area contributed by atoms with Crippen LogP contribution in [0, 0.1) is 6.92 Å². The molecular formula is C9H13N2O.